The lowest BCUT2D eigenvalue weighted by atomic mass is 10.0. The normalized spacial score (nSPS) is 20.4. The van der Waals surface area contributed by atoms with Gasteiger partial charge in [-0.1, -0.05) is 25.1 Å². The minimum Gasteiger partial charge on any atom is -0.393 e. The van der Waals surface area contributed by atoms with Crippen LogP contribution in [0.1, 0.15) is 54.6 Å². The standard InChI is InChI=1S/C23H30N4O3/c1-2-17-6-3-4-8-21(17)23(30)26-11-5-7-18(16-26)27-22(29)14-19(15-24-27)25-12-9-20(28)10-13-25/h3-4,6,8,14-15,18,20,28H,2,5,7,9-13,16H2,1H3/t18-/m0/s1. The van der Waals surface area contributed by atoms with Crippen molar-refractivity contribution in [3.8, 4) is 0 Å². The number of carbonyl (C=O) groups excluding carboxylic acids is 1. The number of piperidine rings is 2. The molecule has 1 aromatic carbocycles. The van der Waals surface area contributed by atoms with E-state index in [0.717, 1.165) is 49.2 Å². The lowest BCUT2D eigenvalue weighted by molar-refractivity contribution is 0.0668. The lowest BCUT2D eigenvalue weighted by Crippen LogP contribution is -2.44. The number of aliphatic hydroxyl groups excluding tert-OH is 1. The van der Waals surface area contributed by atoms with Crippen LogP contribution in [0.3, 0.4) is 0 Å². The predicted octanol–water partition coefficient (Wildman–Crippen LogP) is 2.24. The fraction of sp³-hybridized carbons (Fsp3) is 0.522. The van der Waals surface area contributed by atoms with Crippen molar-refractivity contribution in [1.82, 2.24) is 14.7 Å². The smallest absolute Gasteiger partial charge is 0.269 e. The Kier molecular flexibility index (Phi) is 6.18. The quantitative estimate of drug-likeness (QED) is 0.836. The van der Waals surface area contributed by atoms with E-state index in [9.17, 15) is 14.7 Å². The topological polar surface area (TPSA) is 78.7 Å². The van der Waals surface area contributed by atoms with Crippen LogP contribution in [-0.4, -0.2) is 58.0 Å². The van der Waals surface area contributed by atoms with Crippen LogP contribution in [0.5, 0.6) is 0 Å². The first kappa shape index (κ1) is 20.6. The molecule has 3 heterocycles. The summed E-state index contributed by atoms with van der Waals surface area (Å²) in [5.41, 5.74) is 2.48. The molecule has 2 aromatic rings. The van der Waals surface area contributed by atoms with Gasteiger partial charge in [-0.15, -0.1) is 0 Å². The number of hydrogen-bond acceptors (Lipinski definition) is 5. The van der Waals surface area contributed by atoms with Crippen molar-refractivity contribution < 1.29 is 9.90 Å². The Balaban J connectivity index is 1.49. The Morgan fingerprint density at radius 1 is 1.17 bits per heavy atom. The van der Waals surface area contributed by atoms with E-state index < -0.39 is 0 Å². The van der Waals surface area contributed by atoms with E-state index in [1.165, 1.54) is 4.68 Å². The van der Waals surface area contributed by atoms with Gasteiger partial charge in [0.25, 0.3) is 11.5 Å². The molecule has 0 spiro atoms. The van der Waals surface area contributed by atoms with Crippen LogP contribution in [0.4, 0.5) is 5.69 Å². The summed E-state index contributed by atoms with van der Waals surface area (Å²) in [6.07, 6.45) is 5.41. The van der Waals surface area contributed by atoms with Crippen LogP contribution in [0, 0.1) is 0 Å². The third kappa shape index (κ3) is 4.26. The molecule has 30 heavy (non-hydrogen) atoms. The summed E-state index contributed by atoms with van der Waals surface area (Å²) in [6.45, 7) is 4.72. The maximum Gasteiger partial charge on any atom is 0.269 e. The molecule has 0 radical (unpaired) electrons. The Labute approximate surface area is 176 Å². The Morgan fingerprint density at radius 2 is 1.93 bits per heavy atom. The van der Waals surface area contributed by atoms with Gasteiger partial charge in [0.2, 0.25) is 0 Å². The molecule has 7 nitrogen and oxygen atoms in total. The van der Waals surface area contributed by atoms with Gasteiger partial charge in [-0.3, -0.25) is 9.59 Å². The molecule has 0 saturated carbocycles. The first-order valence-electron chi connectivity index (χ1n) is 11.0. The summed E-state index contributed by atoms with van der Waals surface area (Å²) >= 11 is 0. The summed E-state index contributed by atoms with van der Waals surface area (Å²) in [5.74, 6) is 0.0358. The molecule has 1 atom stereocenters. The van der Waals surface area contributed by atoms with Crippen LogP contribution < -0.4 is 10.5 Å². The summed E-state index contributed by atoms with van der Waals surface area (Å²) in [4.78, 5) is 29.9. The molecule has 4 rings (SSSR count). The fourth-order valence-corrected chi connectivity index (χ4v) is 4.53. The molecular formula is C23H30N4O3. The predicted molar refractivity (Wildman–Crippen MR) is 116 cm³/mol. The van der Waals surface area contributed by atoms with Crippen LogP contribution in [0.2, 0.25) is 0 Å². The maximum absolute atomic E-state index is 13.1. The van der Waals surface area contributed by atoms with Gasteiger partial charge in [0.15, 0.2) is 0 Å². The highest BCUT2D eigenvalue weighted by molar-refractivity contribution is 5.95. The number of aliphatic hydroxyl groups is 1. The molecule has 7 heteroatoms. The van der Waals surface area contributed by atoms with Gasteiger partial charge in [0.1, 0.15) is 0 Å². The second-order valence-corrected chi connectivity index (χ2v) is 8.27. The molecular weight excluding hydrogens is 380 g/mol. The SMILES string of the molecule is CCc1ccccc1C(=O)N1CCC[C@H](n2ncc(N3CCC(O)CC3)cc2=O)C1. The van der Waals surface area contributed by atoms with Crippen LogP contribution in [0.25, 0.3) is 0 Å². The van der Waals surface area contributed by atoms with Crippen LogP contribution in [0.15, 0.2) is 41.3 Å². The van der Waals surface area contributed by atoms with Crippen molar-refractivity contribution in [2.45, 2.75) is 51.2 Å². The number of carbonyl (C=O) groups is 1. The van der Waals surface area contributed by atoms with Gasteiger partial charge in [-0.25, -0.2) is 4.68 Å². The highest BCUT2D eigenvalue weighted by atomic mass is 16.3. The second-order valence-electron chi connectivity index (χ2n) is 8.27. The van der Waals surface area contributed by atoms with Gasteiger partial charge >= 0.3 is 0 Å². The zero-order chi connectivity index (χ0) is 21.1. The summed E-state index contributed by atoms with van der Waals surface area (Å²) < 4.78 is 1.54. The Bertz CT molecular complexity index is 949. The van der Waals surface area contributed by atoms with E-state index in [0.29, 0.717) is 25.9 Å². The van der Waals surface area contributed by atoms with Crippen molar-refractivity contribution in [1.29, 1.82) is 0 Å². The second kappa shape index (κ2) is 9.00. The Morgan fingerprint density at radius 3 is 2.67 bits per heavy atom. The third-order valence-electron chi connectivity index (χ3n) is 6.30. The van der Waals surface area contributed by atoms with Gasteiger partial charge < -0.3 is 14.9 Å². The zero-order valence-electron chi connectivity index (χ0n) is 17.5. The number of aromatic nitrogens is 2. The van der Waals surface area contributed by atoms with Gasteiger partial charge in [-0.2, -0.15) is 5.10 Å². The van der Waals surface area contributed by atoms with Gasteiger partial charge in [-0.05, 0) is 43.7 Å². The van der Waals surface area contributed by atoms with Crippen LogP contribution >= 0.6 is 0 Å². The van der Waals surface area contributed by atoms with Crippen LogP contribution in [-0.2, 0) is 6.42 Å². The van der Waals surface area contributed by atoms with E-state index in [1.807, 2.05) is 29.2 Å². The molecule has 2 aliphatic rings. The van der Waals surface area contributed by atoms with Crippen molar-refractivity contribution in [3.63, 3.8) is 0 Å². The van der Waals surface area contributed by atoms with Crippen molar-refractivity contribution >= 4 is 11.6 Å². The number of benzene rings is 1. The number of nitrogens with zero attached hydrogens (tertiary/aromatic N) is 4. The molecule has 0 unspecified atom stereocenters. The summed E-state index contributed by atoms with van der Waals surface area (Å²) in [5, 5.41) is 14.1. The highest BCUT2D eigenvalue weighted by Gasteiger charge is 2.28. The van der Waals surface area contributed by atoms with E-state index in [-0.39, 0.29) is 23.6 Å². The summed E-state index contributed by atoms with van der Waals surface area (Å²) in [6, 6.07) is 9.28. The molecule has 160 valence electrons. The molecule has 2 fully saturated rings. The third-order valence-corrected chi connectivity index (χ3v) is 6.30. The minimum absolute atomic E-state index is 0.0358. The van der Waals surface area contributed by atoms with Crippen molar-refractivity contribution in [2.24, 2.45) is 0 Å². The van der Waals surface area contributed by atoms with Gasteiger partial charge in [0, 0.05) is 37.8 Å². The molecule has 2 saturated heterocycles. The number of aryl methyl sites for hydroxylation is 1. The fourth-order valence-electron chi connectivity index (χ4n) is 4.53. The van der Waals surface area contributed by atoms with E-state index in [4.69, 9.17) is 0 Å². The zero-order valence-corrected chi connectivity index (χ0v) is 17.5. The minimum atomic E-state index is -0.252. The Hall–Kier alpha value is -2.67. The van der Waals surface area contributed by atoms with Gasteiger partial charge in [0.05, 0.1) is 24.0 Å². The molecule has 0 aliphatic carbocycles. The molecule has 1 N–H and O–H groups in total. The molecule has 2 aliphatic heterocycles. The largest absolute Gasteiger partial charge is 0.393 e. The lowest BCUT2D eigenvalue weighted by Gasteiger charge is -2.34. The maximum atomic E-state index is 13.1. The average molecular weight is 411 g/mol. The number of hydrogen-bond donors (Lipinski definition) is 1. The highest BCUT2D eigenvalue weighted by Crippen LogP contribution is 2.23. The summed E-state index contributed by atoms with van der Waals surface area (Å²) in [7, 11) is 0. The number of anilines is 1. The number of amides is 1. The van der Waals surface area contributed by atoms with Crippen molar-refractivity contribution in [3.05, 3.63) is 58.0 Å². The van der Waals surface area contributed by atoms with E-state index in [2.05, 4.69) is 16.9 Å². The molecule has 1 aromatic heterocycles. The molecule has 0 bridgehead atoms. The first-order chi connectivity index (χ1) is 14.6. The molecule has 1 amide bonds. The van der Waals surface area contributed by atoms with E-state index in [1.54, 1.807) is 12.3 Å². The van der Waals surface area contributed by atoms with E-state index >= 15 is 0 Å². The first-order valence-corrected chi connectivity index (χ1v) is 11.0. The average Bonchev–Trinajstić information content (AvgIpc) is 2.79. The number of likely N-dealkylation sites (tertiary alicyclic amines) is 1. The monoisotopic (exact) mass is 410 g/mol. The van der Waals surface area contributed by atoms with Crippen molar-refractivity contribution in [2.75, 3.05) is 31.1 Å². The number of rotatable bonds is 4.